The lowest BCUT2D eigenvalue weighted by Crippen LogP contribution is -2.15. The van der Waals surface area contributed by atoms with E-state index >= 15 is 0 Å². The number of aromatic nitrogens is 2. The van der Waals surface area contributed by atoms with Crippen LogP contribution < -0.4 is 10.6 Å². The first-order valence-electron chi connectivity index (χ1n) is 8.80. The van der Waals surface area contributed by atoms with Gasteiger partial charge in [0.05, 0.1) is 5.75 Å². The Labute approximate surface area is 168 Å². The molecule has 3 rings (SSSR count). The molecular formula is C21H22N4O2S. The zero-order valence-electron chi connectivity index (χ0n) is 16.0. The van der Waals surface area contributed by atoms with Crippen molar-refractivity contribution in [2.45, 2.75) is 19.0 Å². The lowest BCUT2D eigenvalue weighted by molar-refractivity contribution is -0.113. The summed E-state index contributed by atoms with van der Waals surface area (Å²) in [5.74, 6) is -0.0477. The van der Waals surface area contributed by atoms with Crippen molar-refractivity contribution < 1.29 is 9.59 Å². The van der Waals surface area contributed by atoms with Crippen LogP contribution in [0.15, 0.2) is 60.0 Å². The summed E-state index contributed by atoms with van der Waals surface area (Å²) < 4.78 is 1.86. The number of rotatable bonds is 6. The van der Waals surface area contributed by atoms with E-state index in [4.69, 9.17) is 0 Å². The third-order valence-electron chi connectivity index (χ3n) is 4.02. The Morgan fingerprint density at radius 1 is 1.00 bits per heavy atom. The number of anilines is 2. The van der Waals surface area contributed by atoms with Crippen molar-refractivity contribution in [3.63, 3.8) is 0 Å². The molecule has 0 unspecified atom stereocenters. The quantitative estimate of drug-likeness (QED) is 0.619. The van der Waals surface area contributed by atoms with Crippen LogP contribution in [0.5, 0.6) is 0 Å². The molecule has 0 radical (unpaired) electrons. The second kappa shape index (κ2) is 8.75. The molecule has 2 N–H and O–H groups in total. The van der Waals surface area contributed by atoms with Crippen LogP contribution in [0.2, 0.25) is 0 Å². The summed E-state index contributed by atoms with van der Waals surface area (Å²) in [6.45, 7) is 3.98. The molecule has 7 heteroatoms. The molecule has 0 saturated carbocycles. The highest BCUT2D eigenvalue weighted by Gasteiger charge is 2.09. The molecule has 1 heterocycles. The van der Waals surface area contributed by atoms with E-state index in [1.165, 1.54) is 11.8 Å². The highest BCUT2D eigenvalue weighted by Crippen LogP contribution is 2.17. The van der Waals surface area contributed by atoms with Crippen molar-refractivity contribution >= 4 is 35.0 Å². The summed E-state index contributed by atoms with van der Waals surface area (Å²) in [6, 6.07) is 12.7. The Bertz CT molecular complexity index is 976. The summed E-state index contributed by atoms with van der Waals surface area (Å²) in [5.41, 5.74) is 4.13. The molecule has 6 nitrogen and oxygen atoms in total. The minimum Gasteiger partial charge on any atom is -0.329 e. The fourth-order valence-electron chi connectivity index (χ4n) is 2.77. The molecule has 0 spiro atoms. The van der Waals surface area contributed by atoms with E-state index in [1.54, 1.807) is 30.5 Å². The number of imidazole rings is 1. The van der Waals surface area contributed by atoms with Gasteiger partial charge in [-0.15, -0.1) is 0 Å². The van der Waals surface area contributed by atoms with Gasteiger partial charge in [-0.25, -0.2) is 4.98 Å². The van der Waals surface area contributed by atoms with Crippen LogP contribution in [0.25, 0.3) is 0 Å². The molecule has 0 atom stereocenters. The predicted molar refractivity (Wildman–Crippen MR) is 113 cm³/mol. The molecule has 0 aliphatic carbocycles. The SMILES string of the molecule is Cc1cc(C)cc(NC(=O)c2ccc(NC(=O)CSc3nccn3C)cc2)c1. The molecule has 0 aliphatic rings. The van der Waals surface area contributed by atoms with Crippen molar-refractivity contribution in [1.29, 1.82) is 0 Å². The fraction of sp³-hybridized carbons (Fsp3) is 0.190. The number of nitrogens with one attached hydrogen (secondary N) is 2. The first kappa shape index (κ1) is 19.7. The molecule has 0 aliphatic heterocycles. The number of amides is 2. The number of hydrogen-bond donors (Lipinski definition) is 2. The normalized spacial score (nSPS) is 10.5. The van der Waals surface area contributed by atoms with Crippen LogP contribution in [-0.4, -0.2) is 27.1 Å². The zero-order valence-corrected chi connectivity index (χ0v) is 16.8. The van der Waals surface area contributed by atoms with E-state index in [-0.39, 0.29) is 17.6 Å². The summed E-state index contributed by atoms with van der Waals surface area (Å²) in [6.07, 6.45) is 3.53. The third kappa shape index (κ3) is 5.23. The van der Waals surface area contributed by atoms with Crippen molar-refractivity contribution in [3.05, 3.63) is 71.5 Å². The van der Waals surface area contributed by atoms with E-state index in [1.807, 2.05) is 43.8 Å². The van der Waals surface area contributed by atoms with Gasteiger partial charge in [-0.2, -0.15) is 0 Å². The minimum absolute atomic E-state index is 0.125. The number of hydrogen-bond acceptors (Lipinski definition) is 4. The van der Waals surface area contributed by atoms with Gasteiger partial charge in [-0.05, 0) is 61.4 Å². The highest BCUT2D eigenvalue weighted by molar-refractivity contribution is 7.99. The number of benzene rings is 2. The Morgan fingerprint density at radius 2 is 1.68 bits per heavy atom. The van der Waals surface area contributed by atoms with Crippen molar-refractivity contribution in [3.8, 4) is 0 Å². The predicted octanol–water partition coefficient (Wildman–Crippen LogP) is 4.02. The lowest BCUT2D eigenvalue weighted by Gasteiger charge is -2.09. The highest BCUT2D eigenvalue weighted by atomic mass is 32.2. The average molecular weight is 395 g/mol. The maximum Gasteiger partial charge on any atom is 0.255 e. The van der Waals surface area contributed by atoms with Gasteiger partial charge in [0.2, 0.25) is 5.91 Å². The van der Waals surface area contributed by atoms with Gasteiger partial charge >= 0.3 is 0 Å². The van der Waals surface area contributed by atoms with Gasteiger partial charge < -0.3 is 15.2 Å². The van der Waals surface area contributed by atoms with E-state index < -0.39 is 0 Å². The van der Waals surface area contributed by atoms with Gasteiger partial charge in [0.25, 0.3) is 5.91 Å². The van der Waals surface area contributed by atoms with Crippen LogP contribution in [0.4, 0.5) is 11.4 Å². The first-order valence-corrected chi connectivity index (χ1v) is 9.79. The number of aryl methyl sites for hydroxylation is 3. The van der Waals surface area contributed by atoms with Gasteiger partial charge in [-0.1, -0.05) is 17.8 Å². The first-order chi connectivity index (χ1) is 13.4. The Morgan fingerprint density at radius 3 is 2.29 bits per heavy atom. The topological polar surface area (TPSA) is 76.0 Å². The van der Waals surface area contributed by atoms with Crippen LogP contribution >= 0.6 is 11.8 Å². The average Bonchev–Trinajstić information content (AvgIpc) is 3.04. The molecule has 1 aromatic heterocycles. The smallest absolute Gasteiger partial charge is 0.255 e. The third-order valence-corrected chi connectivity index (χ3v) is 5.08. The van der Waals surface area contributed by atoms with E-state index in [0.29, 0.717) is 11.3 Å². The largest absolute Gasteiger partial charge is 0.329 e. The van der Waals surface area contributed by atoms with Crippen LogP contribution in [0.3, 0.4) is 0 Å². The van der Waals surface area contributed by atoms with Crippen LogP contribution in [0.1, 0.15) is 21.5 Å². The maximum atomic E-state index is 12.4. The van der Waals surface area contributed by atoms with E-state index in [9.17, 15) is 9.59 Å². The maximum absolute atomic E-state index is 12.4. The Hall–Kier alpha value is -3.06. The van der Waals surface area contributed by atoms with Gasteiger partial charge in [0.15, 0.2) is 5.16 Å². The molecule has 144 valence electrons. The summed E-state index contributed by atoms with van der Waals surface area (Å²) in [5, 5.41) is 6.51. The summed E-state index contributed by atoms with van der Waals surface area (Å²) >= 11 is 1.37. The molecular weight excluding hydrogens is 372 g/mol. The molecule has 28 heavy (non-hydrogen) atoms. The fourth-order valence-corrected chi connectivity index (χ4v) is 3.51. The number of carbonyl (C=O) groups is 2. The molecule has 0 fully saturated rings. The molecule has 0 saturated heterocycles. The summed E-state index contributed by atoms with van der Waals surface area (Å²) in [4.78, 5) is 28.7. The minimum atomic E-state index is -0.187. The van der Waals surface area contributed by atoms with Gasteiger partial charge in [0, 0.05) is 36.4 Å². The van der Waals surface area contributed by atoms with Crippen molar-refractivity contribution in [1.82, 2.24) is 9.55 Å². The van der Waals surface area contributed by atoms with Gasteiger partial charge in [-0.3, -0.25) is 9.59 Å². The number of nitrogens with zero attached hydrogens (tertiary/aromatic N) is 2. The Balaban J connectivity index is 1.55. The summed E-state index contributed by atoms with van der Waals surface area (Å²) in [7, 11) is 1.88. The zero-order chi connectivity index (χ0) is 20.1. The van der Waals surface area contributed by atoms with E-state index in [0.717, 1.165) is 22.0 Å². The molecule has 2 amide bonds. The molecule has 2 aromatic carbocycles. The van der Waals surface area contributed by atoms with Crippen LogP contribution in [-0.2, 0) is 11.8 Å². The second-order valence-electron chi connectivity index (χ2n) is 6.57. The molecule has 0 bridgehead atoms. The van der Waals surface area contributed by atoms with Crippen molar-refractivity contribution in [2.24, 2.45) is 7.05 Å². The Kier molecular flexibility index (Phi) is 6.16. The molecule has 3 aromatic rings. The lowest BCUT2D eigenvalue weighted by atomic mass is 10.1. The van der Waals surface area contributed by atoms with E-state index in [2.05, 4.69) is 21.7 Å². The van der Waals surface area contributed by atoms with Crippen molar-refractivity contribution in [2.75, 3.05) is 16.4 Å². The monoisotopic (exact) mass is 394 g/mol. The standard InChI is InChI=1S/C21H22N4O2S/c1-14-10-15(2)12-18(11-14)24-20(27)16-4-6-17(7-5-16)23-19(26)13-28-21-22-8-9-25(21)3/h4-12H,13H2,1-3H3,(H,23,26)(H,24,27). The van der Waals surface area contributed by atoms with Crippen LogP contribution in [0, 0.1) is 13.8 Å². The second-order valence-corrected chi connectivity index (χ2v) is 7.51. The van der Waals surface area contributed by atoms with Gasteiger partial charge in [0.1, 0.15) is 0 Å². The number of thioether (sulfide) groups is 1. The number of carbonyl (C=O) groups excluding carboxylic acids is 2.